The van der Waals surface area contributed by atoms with Crippen LogP contribution in [0.25, 0.3) is 0 Å². The molecule has 1 aliphatic rings. The van der Waals surface area contributed by atoms with Crippen molar-refractivity contribution < 1.29 is 17.9 Å². The second kappa shape index (κ2) is 6.04. The van der Waals surface area contributed by atoms with Gasteiger partial charge in [0, 0.05) is 12.2 Å². The Morgan fingerprint density at radius 1 is 1.17 bits per heavy atom. The summed E-state index contributed by atoms with van der Waals surface area (Å²) in [6, 6.07) is 13.7. The molecule has 1 amide bonds. The normalized spacial score (nSPS) is 13.7. The molecule has 1 aliphatic heterocycles. The molecular weight excluding hydrogens is 314 g/mol. The van der Waals surface area contributed by atoms with E-state index >= 15 is 0 Å². The van der Waals surface area contributed by atoms with E-state index < -0.39 is 21.5 Å². The first kappa shape index (κ1) is 15.6. The van der Waals surface area contributed by atoms with E-state index in [1.54, 1.807) is 17.0 Å². The number of nitrogens with zero attached hydrogens (tertiary/aromatic N) is 1. The molecule has 2 aromatic rings. The zero-order chi connectivity index (χ0) is 16.4. The number of ether oxygens (including phenoxy) is 1. The molecule has 0 saturated heterocycles. The van der Waals surface area contributed by atoms with Gasteiger partial charge in [0.25, 0.3) is 0 Å². The Morgan fingerprint density at radius 2 is 1.96 bits per heavy atom. The zero-order valence-corrected chi connectivity index (χ0v) is 13.5. The molecule has 0 saturated carbocycles. The van der Waals surface area contributed by atoms with Crippen LogP contribution in [0.1, 0.15) is 5.56 Å². The van der Waals surface area contributed by atoms with E-state index in [0.717, 1.165) is 17.7 Å². The lowest BCUT2D eigenvalue weighted by molar-refractivity contribution is -0.116. The number of sulfone groups is 1. The van der Waals surface area contributed by atoms with Gasteiger partial charge in [-0.3, -0.25) is 4.79 Å². The molecular formula is C17H17NO4S. The van der Waals surface area contributed by atoms with Crippen LogP contribution in [0.4, 0.5) is 5.69 Å². The average Bonchev–Trinajstić information content (AvgIpc) is 2.98. The van der Waals surface area contributed by atoms with Crippen LogP contribution >= 0.6 is 0 Å². The molecule has 23 heavy (non-hydrogen) atoms. The summed E-state index contributed by atoms with van der Waals surface area (Å²) in [4.78, 5) is 14.1. The molecule has 0 spiro atoms. The molecule has 0 radical (unpaired) electrons. The smallest absolute Gasteiger partial charge is 0.242 e. The molecule has 1 heterocycles. The number of benzene rings is 2. The van der Waals surface area contributed by atoms with E-state index in [1.807, 2.05) is 24.3 Å². The summed E-state index contributed by atoms with van der Waals surface area (Å²) in [6.07, 6.45) is 0.751. The van der Waals surface area contributed by atoms with Gasteiger partial charge in [0.05, 0.1) is 12.0 Å². The van der Waals surface area contributed by atoms with Crippen molar-refractivity contribution in [2.75, 3.05) is 24.3 Å². The first-order chi connectivity index (χ1) is 11.0. The Balaban J connectivity index is 1.82. The summed E-state index contributed by atoms with van der Waals surface area (Å²) in [7, 11) is -2.23. The number of hydrogen-bond donors (Lipinski definition) is 0. The highest BCUT2D eigenvalue weighted by molar-refractivity contribution is 7.92. The fraction of sp³-hybridized carbons (Fsp3) is 0.235. The third-order valence-corrected chi connectivity index (χ3v) is 5.50. The molecule has 0 N–H and O–H groups in total. The van der Waals surface area contributed by atoms with Crippen molar-refractivity contribution >= 4 is 21.4 Å². The summed E-state index contributed by atoms with van der Waals surface area (Å²) < 4.78 is 30.0. The molecule has 5 nitrogen and oxygen atoms in total. The molecule has 0 aromatic heterocycles. The lowest BCUT2D eigenvalue weighted by Gasteiger charge is -2.17. The van der Waals surface area contributed by atoms with E-state index in [9.17, 15) is 13.2 Å². The molecule has 0 atom stereocenters. The fourth-order valence-electron chi connectivity index (χ4n) is 2.72. The number of rotatable bonds is 4. The van der Waals surface area contributed by atoms with Gasteiger partial charge in [-0.1, -0.05) is 24.3 Å². The van der Waals surface area contributed by atoms with Gasteiger partial charge in [-0.05, 0) is 36.2 Å². The Hall–Kier alpha value is -2.34. The number of hydrogen-bond acceptors (Lipinski definition) is 4. The van der Waals surface area contributed by atoms with Gasteiger partial charge in [0.15, 0.2) is 9.84 Å². The summed E-state index contributed by atoms with van der Waals surface area (Å²) >= 11 is 0. The van der Waals surface area contributed by atoms with Crippen molar-refractivity contribution in [2.45, 2.75) is 11.3 Å². The van der Waals surface area contributed by atoms with E-state index in [-0.39, 0.29) is 4.90 Å². The number of amides is 1. The minimum Gasteiger partial charge on any atom is -0.497 e. The fourth-order valence-corrected chi connectivity index (χ4v) is 3.94. The van der Waals surface area contributed by atoms with Gasteiger partial charge in [-0.25, -0.2) is 8.42 Å². The van der Waals surface area contributed by atoms with Crippen LogP contribution in [0.5, 0.6) is 5.75 Å². The van der Waals surface area contributed by atoms with Gasteiger partial charge in [0.2, 0.25) is 5.91 Å². The highest BCUT2D eigenvalue weighted by Gasteiger charge is 2.28. The third-order valence-electron chi connectivity index (χ3n) is 3.90. The van der Waals surface area contributed by atoms with Gasteiger partial charge in [0.1, 0.15) is 11.5 Å². The van der Waals surface area contributed by atoms with Crippen molar-refractivity contribution in [1.82, 2.24) is 0 Å². The van der Waals surface area contributed by atoms with Gasteiger partial charge >= 0.3 is 0 Å². The average molecular weight is 331 g/mol. The molecule has 0 unspecified atom stereocenters. The highest BCUT2D eigenvalue weighted by Crippen LogP contribution is 2.28. The van der Waals surface area contributed by atoms with Crippen LogP contribution < -0.4 is 9.64 Å². The minimum atomic E-state index is -3.70. The third kappa shape index (κ3) is 3.07. The number of methoxy groups -OCH3 is 1. The maximum absolute atomic E-state index is 12.5. The first-order valence-corrected chi connectivity index (χ1v) is 8.91. The Labute approximate surface area is 135 Å². The Kier molecular flexibility index (Phi) is 4.09. The molecule has 0 aliphatic carbocycles. The van der Waals surface area contributed by atoms with E-state index in [0.29, 0.717) is 12.3 Å². The number of anilines is 1. The Morgan fingerprint density at radius 3 is 2.74 bits per heavy atom. The molecule has 0 bridgehead atoms. The summed E-state index contributed by atoms with van der Waals surface area (Å²) in [5, 5.41) is 0. The van der Waals surface area contributed by atoms with Gasteiger partial charge in [-0.15, -0.1) is 0 Å². The van der Waals surface area contributed by atoms with Crippen LogP contribution in [0.2, 0.25) is 0 Å². The summed E-state index contributed by atoms with van der Waals surface area (Å²) in [5.41, 5.74) is 1.87. The molecule has 2 aromatic carbocycles. The van der Waals surface area contributed by atoms with Crippen molar-refractivity contribution in [1.29, 1.82) is 0 Å². The number of fused-ring (bicyclic) bond motifs is 1. The van der Waals surface area contributed by atoms with Crippen molar-refractivity contribution in [3.05, 3.63) is 54.1 Å². The van der Waals surface area contributed by atoms with Gasteiger partial charge < -0.3 is 9.64 Å². The van der Waals surface area contributed by atoms with Crippen LogP contribution in [0.3, 0.4) is 0 Å². The molecule has 3 rings (SSSR count). The predicted octanol–water partition coefficient (Wildman–Crippen LogP) is 2.06. The largest absolute Gasteiger partial charge is 0.497 e. The van der Waals surface area contributed by atoms with E-state index in [2.05, 4.69) is 0 Å². The summed E-state index contributed by atoms with van der Waals surface area (Å²) in [6.45, 7) is 0.520. The quantitative estimate of drug-likeness (QED) is 0.860. The zero-order valence-electron chi connectivity index (χ0n) is 12.7. The SMILES string of the molecule is COc1cccc(S(=O)(=O)CC(=O)N2CCc3ccccc32)c1. The van der Waals surface area contributed by atoms with E-state index in [4.69, 9.17) is 4.74 Å². The second-order valence-electron chi connectivity index (χ2n) is 5.36. The van der Waals surface area contributed by atoms with Crippen molar-refractivity contribution in [3.8, 4) is 5.75 Å². The van der Waals surface area contributed by atoms with Crippen LogP contribution in [-0.2, 0) is 21.1 Å². The van der Waals surface area contributed by atoms with E-state index in [1.165, 1.54) is 19.2 Å². The summed E-state index contributed by atoms with van der Waals surface area (Å²) in [5.74, 6) is -0.503. The van der Waals surface area contributed by atoms with Crippen LogP contribution in [0, 0.1) is 0 Å². The number of para-hydroxylation sites is 1. The Bertz CT molecular complexity index is 845. The lowest BCUT2D eigenvalue weighted by Crippen LogP contribution is -2.34. The topological polar surface area (TPSA) is 63.7 Å². The standard InChI is InChI=1S/C17H17NO4S/c1-22-14-6-4-7-15(11-14)23(20,21)12-17(19)18-10-9-13-5-2-3-8-16(13)18/h2-8,11H,9-10,12H2,1H3. The first-order valence-electron chi connectivity index (χ1n) is 7.26. The molecule has 0 fully saturated rings. The number of carbonyl (C=O) groups is 1. The predicted molar refractivity (Wildman–Crippen MR) is 87.5 cm³/mol. The van der Waals surface area contributed by atoms with Crippen LogP contribution in [-0.4, -0.2) is 33.7 Å². The maximum Gasteiger partial charge on any atom is 0.242 e. The monoisotopic (exact) mass is 331 g/mol. The van der Waals surface area contributed by atoms with Crippen LogP contribution in [0.15, 0.2) is 53.4 Å². The minimum absolute atomic E-state index is 0.0951. The number of carbonyl (C=O) groups excluding carboxylic acids is 1. The van der Waals surface area contributed by atoms with Gasteiger partial charge in [-0.2, -0.15) is 0 Å². The molecule has 6 heteroatoms. The molecule has 120 valence electrons. The highest BCUT2D eigenvalue weighted by atomic mass is 32.2. The lowest BCUT2D eigenvalue weighted by atomic mass is 10.2. The van der Waals surface area contributed by atoms with Crippen molar-refractivity contribution in [3.63, 3.8) is 0 Å². The second-order valence-corrected chi connectivity index (χ2v) is 7.35. The van der Waals surface area contributed by atoms with Crippen molar-refractivity contribution in [2.24, 2.45) is 0 Å². The maximum atomic E-state index is 12.5.